The summed E-state index contributed by atoms with van der Waals surface area (Å²) < 4.78 is 0. The van der Waals surface area contributed by atoms with Gasteiger partial charge in [-0.25, -0.2) is 0 Å². The van der Waals surface area contributed by atoms with E-state index in [1.165, 1.54) is 5.56 Å². The topological polar surface area (TPSA) is 49.4 Å². The van der Waals surface area contributed by atoms with E-state index < -0.39 is 6.04 Å². The molecule has 0 aliphatic heterocycles. The van der Waals surface area contributed by atoms with Crippen molar-refractivity contribution in [2.45, 2.75) is 84.8 Å². The SMILES string of the molecule is CC[C@H](C)NC(=O)[C@H](C)N(Cc1ccc(Cl)c(Cl)c1)C(=O)CCc1ccc(C(C)(C)C)cc1. The van der Waals surface area contributed by atoms with E-state index in [1.54, 1.807) is 24.0 Å². The maximum Gasteiger partial charge on any atom is 0.242 e. The zero-order valence-electron chi connectivity index (χ0n) is 20.5. The molecule has 4 nitrogen and oxygen atoms in total. The fourth-order valence-corrected chi connectivity index (χ4v) is 3.77. The lowest BCUT2D eigenvalue weighted by molar-refractivity contribution is -0.140. The van der Waals surface area contributed by atoms with Crippen molar-refractivity contribution in [3.63, 3.8) is 0 Å². The highest BCUT2D eigenvalue weighted by Gasteiger charge is 2.26. The highest BCUT2D eigenvalue weighted by molar-refractivity contribution is 6.42. The van der Waals surface area contributed by atoms with Gasteiger partial charge in [-0.3, -0.25) is 9.59 Å². The standard InChI is InChI=1S/C27H36Cl2N2O2/c1-7-18(2)30-26(33)19(3)31(17-21-10-14-23(28)24(29)16-21)25(32)15-11-20-8-12-22(13-9-20)27(4,5)6/h8-10,12-14,16,18-19H,7,11,15,17H2,1-6H3,(H,30,33)/t18-,19-/m0/s1. The average molecular weight is 492 g/mol. The van der Waals surface area contributed by atoms with Gasteiger partial charge in [0.15, 0.2) is 0 Å². The summed E-state index contributed by atoms with van der Waals surface area (Å²) in [6.07, 6.45) is 1.75. The first kappa shape index (κ1) is 27.2. The third kappa shape index (κ3) is 8.04. The van der Waals surface area contributed by atoms with Crippen molar-refractivity contribution in [3.05, 3.63) is 69.2 Å². The van der Waals surface area contributed by atoms with Crippen LogP contribution in [-0.2, 0) is 28.0 Å². The fraction of sp³-hybridized carbons (Fsp3) is 0.481. The predicted molar refractivity (Wildman–Crippen MR) is 138 cm³/mol. The van der Waals surface area contributed by atoms with Crippen LogP contribution in [0.25, 0.3) is 0 Å². The Bertz CT molecular complexity index is 952. The van der Waals surface area contributed by atoms with E-state index in [0.717, 1.165) is 17.5 Å². The number of hydrogen-bond acceptors (Lipinski definition) is 2. The first-order valence-corrected chi connectivity index (χ1v) is 12.3. The number of rotatable bonds is 9. The molecule has 2 rings (SSSR count). The van der Waals surface area contributed by atoms with Crippen LogP contribution in [0.2, 0.25) is 10.0 Å². The van der Waals surface area contributed by atoms with E-state index in [-0.39, 0.29) is 29.8 Å². The smallest absolute Gasteiger partial charge is 0.242 e. The number of amides is 2. The van der Waals surface area contributed by atoms with Gasteiger partial charge in [0.2, 0.25) is 11.8 Å². The number of aryl methyl sites for hydroxylation is 1. The molecule has 2 atom stereocenters. The van der Waals surface area contributed by atoms with Crippen LogP contribution in [0.1, 0.15) is 71.1 Å². The van der Waals surface area contributed by atoms with Crippen molar-refractivity contribution < 1.29 is 9.59 Å². The summed E-state index contributed by atoms with van der Waals surface area (Å²) in [5, 5.41) is 3.87. The summed E-state index contributed by atoms with van der Waals surface area (Å²) in [6.45, 7) is 12.6. The molecule has 2 aromatic carbocycles. The zero-order chi connectivity index (χ0) is 24.8. The molecule has 0 heterocycles. The molecule has 180 valence electrons. The molecule has 0 unspecified atom stereocenters. The minimum atomic E-state index is -0.607. The Morgan fingerprint density at radius 2 is 1.58 bits per heavy atom. The molecule has 6 heteroatoms. The minimum absolute atomic E-state index is 0.0446. The lowest BCUT2D eigenvalue weighted by Gasteiger charge is -2.30. The van der Waals surface area contributed by atoms with Gasteiger partial charge in [-0.15, -0.1) is 0 Å². The minimum Gasteiger partial charge on any atom is -0.352 e. The van der Waals surface area contributed by atoms with Crippen LogP contribution < -0.4 is 5.32 Å². The van der Waals surface area contributed by atoms with Gasteiger partial charge in [-0.05, 0) is 60.9 Å². The molecule has 0 saturated heterocycles. The van der Waals surface area contributed by atoms with Gasteiger partial charge < -0.3 is 10.2 Å². The second-order valence-electron chi connectivity index (χ2n) is 9.71. The average Bonchev–Trinajstić information content (AvgIpc) is 2.77. The Morgan fingerprint density at radius 1 is 0.970 bits per heavy atom. The normalized spacial score (nSPS) is 13.3. The largest absolute Gasteiger partial charge is 0.352 e. The molecule has 0 aliphatic carbocycles. The van der Waals surface area contributed by atoms with Crippen LogP contribution in [-0.4, -0.2) is 28.8 Å². The van der Waals surface area contributed by atoms with Gasteiger partial charge in [0, 0.05) is 19.0 Å². The highest BCUT2D eigenvalue weighted by Crippen LogP contribution is 2.25. The first-order chi connectivity index (χ1) is 15.4. The van der Waals surface area contributed by atoms with E-state index >= 15 is 0 Å². The summed E-state index contributed by atoms with van der Waals surface area (Å²) in [7, 11) is 0. The van der Waals surface area contributed by atoms with Crippen LogP contribution in [0, 0.1) is 0 Å². The summed E-state index contributed by atoms with van der Waals surface area (Å²) in [4.78, 5) is 27.7. The van der Waals surface area contributed by atoms with Crippen molar-refractivity contribution in [1.29, 1.82) is 0 Å². The highest BCUT2D eigenvalue weighted by atomic mass is 35.5. The first-order valence-electron chi connectivity index (χ1n) is 11.6. The Hall–Kier alpha value is -2.04. The molecule has 0 spiro atoms. The summed E-state index contributed by atoms with van der Waals surface area (Å²) in [5.41, 5.74) is 3.27. The van der Waals surface area contributed by atoms with Crippen LogP contribution in [0.15, 0.2) is 42.5 Å². The van der Waals surface area contributed by atoms with Crippen LogP contribution in [0.5, 0.6) is 0 Å². The van der Waals surface area contributed by atoms with Gasteiger partial charge in [-0.1, -0.05) is 81.2 Å². The van der Waals surface area contributed by atoms with Crippen molar-refractivity contribution in [2.24, 2.45) is 0 Å². The number of carbonyl (C=O) groups excluding carboxylic acids is 2. The van der Waals surface area contributed by atoms with Crippen molar-refractivity contribution >= 4 is 35.0 Å². The molecular weight excluding hydrogens is 455 g/mol. The molecule has 0 aliphatic rings. The summed E-state index contributed by atoms with van der Waals surface area (Å²) >= 11 is 12.2. The number of nitrogens with one attached hydrogen (secondary N) is 1. The molecule has 2 aromatic rings. The Kier molecular flexibility index (Phi) is 9.81. The van der Waals surface area contributed by atoms with E-state index in [9.17, 15) is 9.59 Å². The Morgan fingerprint density at radius 3 is 2.12 bits per heavy atom. The van der Waals surface area contributed by atoms with E-state index in [0.29, 0.717) is 22.9 Å². The lowest BCUT2D eigenvalue weighted by Crippen LogP contribution is -2.49. The van der Waals surface area contributed by atoms with E-state index in [2.05, 4.69) is 50.4 Å². The number of benzene rings is 2. The molecule has 0 bridgehead atoms. The third-order valence-electron chi connectivity index (χ3n) is 5.95. The third-order valence-corrected chi connectivity index (χ3v) is 6.69. The predicted octanol–water partition coefficient (Wildman–Crippen LogP) is 6.56. The van der Waals surface area contributed by atoms with Gasteiger partial charge in [0.05, 0.1) is 10.0 Å². The Balaban J connectivity index is 2.17. The van der Waals surface area contributed by atoms with E-state index in [1.807, 2.05) is 19.9 Å². The molecule has 1 N–H and O–H groups in total. The lowest BCUT2D eigenvalue weighted by atomic mass is 9.86. The maximum atomic E-state index is 13.3. The van der Waals surface area contributed by atoms with Gasteiger partial charge in [0.1, 0.15) is 6.04 Å². The zero-order valence-corrected chi connectivity index (χ0v) is 22.1. The molecule has 0 saturated carbocycles. The molecule has 0 fully saturated rings. The van der Waals surface area contributed by atoms with Crippen LogP contribution in [0.3, 0.4) is 0 Å². The second-order valence-corrected chi connectivity index (χ2v) is 10.5. The second kappa shape index (κ2) is 11.9. The van der Waals surface area contributed by atoms with Crippen molar-refractivity contribution in [2.75, 3.05) is 0 Å². The molecule has 0 aromatic heterocycles. The van der Waals surface area contributed by atoms with Gasteiger partial charge >= 0.3 is 0 Å². The number of carbonyl (C=O) groups is 2. The van der Waals surface area contributed by atoms with Crippen LogP contribution >= 0.6 is 23.2 Å². The molecular formula is C27H36Cl2N2O2. The fourth-order valence-electron chi connectivity index (χ4n) is 3.45. The Labute approximate surface area is 208 Å². The number of nitrogens with zero attached hydrogens (tertiary/aromatic N) is 1. The maximum absolute atomic E-state index is 13.3. The van der Waals surface area contributed by atoms with Crippen LogP contribution in [0.4, 0.5) is 0 Å². The molecule has 2 amide bonds. The van der Waals surface area contributed by atoms with Gasteiger partial charge in [-0.2, -0.15) is 0 Å². The van der Waals surface area contributed by atoms with Crippen molar-refractivity contribution in [1.82, 2.24) is 10.2 Å². The molecule has 33 heavy (non-hydrogen) atoms. The van der Waals surface area contributed by atoms with Gasteiger partial charge in [0.25, 0.3) is 0 Å². The molecule has 0 radical (unpaired) electrons. The van der Waals surface area contributed by atoms with E-state index in [4.69, 9.17) is 23.2 Å². The number of hydrogen-bond donors (Lipinski definition) is 1. The summed E-state index contributed by atoms with van der Waals surface area (Å²) in [5.74, 6) is -0.236. The quantitative estimate of drug-likeness (QED) is 0.432. The number of halogens is 2. The summed E-state index contributed by atoms with van der Waals surface area (Å²) in [6, 6.07) is 13.1. The van der Waals surface area contributed by atoms with Crippen molar-refractivity contribution in [3.8, 4) is 0 Å². The monoisotopic (exact) mass is 490 g/mol.